The number of benzene rings is 9. The third kappa shape index (κ3) is 5.00. The van der Waals surface area contributed by atoms with Crippen molar-refractivity contribution in [3.05, 3.63) is 186 Å². The van der Waals surface area contributed by atoms with Gasteiger partial charge in [-0.15, -0.1) is 0 Å². The summed E-state index contributed by atoms with van der Waals surface area (Å²) in [4.78, 5) is 2.09. The highest BCUT2D eigenvalue weighted by Crippen LogP contribution is 2.52. The van der Waals surface area contributed by atoms with Crippen LogP contribution >= 0.6 is 0 Å². The highest BCUT2D eigenvalue weighted by atomic mass is 15.2. The van der Waals surface area contributed by atoms with Crippen molar-refractivity contribution >= 4 is 112 Å². The van der Waals surface area contributed by atoms with E-state index in [0.717, 1.165) is 14.0 Å². The zero-order valence-electron chi connectivity index (χ0n) is 64.4. The molecule has 0 amide bonds. The van der Waals surface area contributed by atoms with E-state index >= 15 is 0 Å². The summed E-state index contributed by atoms with van der Waals surface area (Å²) in [5.74, 6) is 0. The number of fused-ring (bicyclic) bond motifs is 13. The van der Waals surface area contributed by atoms with Crippen LogP contribution in [0.2, 0.25) is 0 Å². The molecular weight excluding hydrogens is 800 g/mol. The summed E-state index contributed by atoms with van der Waals surface area (Å²) in [7, 11) is 0. The van der Waals surface area contributed by atoms with E-state index in [1.54, 1.807) is 41.5 Å². The predicted octanol–water partition coefficient (Wildman–Crippen LogP) is 14.3. The lowest BCUT2D eigenvalue weighted by Crippen LogP contribution is -2.61. The zero-order chi connectivity index (χ0) is 68.9. The fraction of sp³-hybridized carbons (Fsp3) is 0.148. The second-order valence-corrected chi connectivity index (χ2v) is 18.8. The van der Waals surface area contributed by atoms with E-state index in [1.165, 1.54) is 11.8 Å². The van der Waals surface area contributed by atoms with Crippen LogP contribution in [0.4, 0.5) is 34.1 Å². The maximum Gasteiger partial charge on any atom is 0.252 e. The van der Waals surface area contributed by atoms with Gasteiger partial charge in [0.15, 0.2) is 0 Å². The normalized spacial score (nSPS) is 19.8. The summed E-state index contributed by atoms with van der Waals surface area (Å²) in [5, 5.41) is -2.29. The van der Waals surface area contributed by atoms with Gasteiger partial charge in [-0.2, -0.15) is 0 Å². The van der Waals surface area contributed by atoms with Crippen molar-refractivity contribution in [2.45, 2.75) is 59.3 Å². The minimum atomic E-state index is -1.94. The number of hydrogen-bond donors (Lipinski definition) is 0. The Kier molecular flexibility index (Phi) is 3.81. The summed E-state index contributed by atoms with van der Waals surface area (Å²) in [6.45, 7) is 9.58. The molecule has 11 aromatic rings. The second kappa shape index (κ2) is 12.9. The van der Waals surface area contributed by atoms with E-state index in [2.05, 4.69) is 0 Å². The van der Waals surface area contributed by atoms with Crippen LogP contribution < -0.4 is 26.2 Å². The molecule has 0 atom stereocenters. The van der Waals surface area contributed by atoms with Crippen molar-refractivity contribution in [1.82, 2.24) is 9.13 Å². The summed E-state index contributed by atoms with van der Waals surface area (Å²) < 4.78 is 274. The van der Waals surface area contributed by atoms with E-state index in [-0.39, 0.29) is 78.2 Å². The van der Waals surface area contributed by atoms with Crippen molar-refractivity contribution in [1.29, 1.82) is 0 Å². The highest BCUT2D eigenvalue weighted by molar-refractivity contribution is 7.00. The molecule has 3 aliphatic heterocycles. The third-order valence-electron chi connectivity index (χ3n) is 12.7. The smallest absolute Gasteiger partial charge is 0.252 e. The lowest BCUT2D eigenvalue weighted by Gasteiger charge is -2.46. The largest absolute Gasteiger partial charge is 0.311 e. The summed E-state index contributed by atoms with van der Waals surface area (Å²) >= 11 is 0. The lowest BCUT2D eigenvalue weighted by atomic mass is 9.33. The van der Waals surface area contributed by atoms with Gasteiger partial charge >= 0.3 is 0 Å². The van der Waals surface area contributed by atoms with E-state index in [9.17, 15) is 31.5 Å². The first kappa shape index (κ1) is 19.5. The molecule has 14 rings (SSSR count). The van der Waals surface area contributed by atoms with Crippen LogP contribution in [0.1, 0.15) is 96.6 Å². The Morgan fingerprint density at radius 3 is 1.79 bits per heavy atom. The van der Waals surface area contributed by atoms with E-state index < -0.39 is 242 Å². The zero-order valence-corrected chi connectivity index (χ0v) is 36.4. The first-order chi connectivity index (χ1) is 43.7. The number of anilines is 6. The van der Waals surface area contributed by atoms with Crippen LogP contribution in [0.3, 0.4) is 0 Å². The summed E-state index contributed by atoms with van der Waals surface area (Å²) in [6, 6.07) is -21.0. The minimum Gasteiger partial charge on any atom is -0.311 e. The third-order valence-corrected chi connectivity index (χ3v) is 12.7. The molecule has 4 nitrogen and oxygen atoms in total. The number of para-hydroxylation sites is 3. The molecule has 0 bridgehead atoms. The van der Waals surface area contributed by atoms with Crippen molar-refractivity contribution in [2.75, 3.05) is 9.80 Å². The first-order valence-electron chi connectivity index (χ1n) is 35.3. The van der Waals surface area contributed by atoms with Gasteiger partial charge in [-0.1, -0.05) is 132 Å². The Hall–Kier alpha value is -7.50. The first-order valence-corrected chi connectivity index (χ1v) is 21.3. The standard InChI is InChI=1S/C61H49BN4/c1-36-30-55-57-56(31-36)66-52-20-12-17-44-43-16-10-11-19-49(43)65(58(44)52)53-21-13-18-48(59(53)66)62(57)47-27-26-42(35-54(47)64(55)41-25-22-37-14-8-9-15-38(37)32-41)63-50-28-23-39(60(2,3)4)33-45(50)46-34-40(61(5,6)7)24-29-51(46)63/h8-35H,1-7H3/i8D,9D,10D,11D,12D,13D,14D,15D,16D,17D,18D,19D,20D,21D,22D,23D,24D,25D,26D,27D,28D,29D,30D,31D,32D,33D,34D,35D. The van der Waals surface area contributed by atoms with Crippen molar-refractivity contribution in [3.63, 3.8) is 0 Å². The molecule has 0 N–H and O–H groups in total. The Bertz CT molecular complexity index is 5510. The van der Waals surface area contributed by atoms with Gasteiger partial charge in [-0.3, -0.25) is 0 Å². The van der Waals surface area contributed by atoms with E-state index in [0.29, 0.717) is 0 Å². The summed E-state index contributed by atoms with van der Waals surface area (Å²) in [5.41, 5.74) is -9.44. The Labute approximate surface area is 425 Å². The molecule has 0 saturated heterocycles. The molecular formula is C61H49BN4. The number of aromatic nitrogens is 2. The van der Waals surface area contributed by atoms with Gasteiger partial charge < -0.3 is 18.9 Å². The van der Waals surface area contributed by atoms with Gasteiger partial charge in [0.05, 0.1) is 77.5 Å². The van der Waals surface area contributed by atoms with Crippen LogP contribution in [-0.2, 0) is 10.8 Å². The average Bonchev–Trinajstić information content (AvgIpc) is 1.12. The van der Waals surface area contributed by atoms with E-state index in [4.69, 9.17) is 6.85 Å². The molecule has 9 aromatic carbocycles. The van der Waals surface area contributed by atoms with Gasteiger partial charge in [0.25, 0.3) is 6.71 Å². The Morgan fingerprint density at radius 2 is 1.05 bits per heavy atom. The van der Waals surface area contributed by atoms with Crippen LogP contribution in [0.5, 0.6) is 0 Å². The SMILES string of the molecule is [2H]c1c([2H])c2c3c(c1[2H])-n1c4c([2H])c([2H])c([2H])c([2H])c4c4c([2H])c([2H])c([2H])c(c41)N3c1c([2H])c(C)c([2H])c3c1B2c1c([2H])c([2H])c(-n2c4c([2H])c([2H])c(C(C)(C)C)c([2H])c4c4c([2H])c(C(C)(C)C)c([2H])c([2H])c42)c([2H])c1N3c1c([2H])c([2H])c2c([2H])c([2H])c([2H])c([2H])c2c1[2H]. The molecule has 0 radical (unpaired) electrons. The van der Waals surface area contributed by atoms with Crippen LogP contribution in [-0.4, -0.2) is 15.8 Å². The van der Waals surface area contributed by atoms with Crippen LogP contribution in [0, 0.1) is 6.92 Å². The summed E-state index contributed by atoms with van der Waals surface area (Å²) in [6.07, 6.45) is 0. The lowest BCUT2D eigenvalue weighted by molar-refractivity contribution is 0.590. The molecule has 316 valence electrons. The minimum absolute atomic E-state index is 0.0322. The van der Waals surface area contributed by atoms with Crippen LogP contribution in [0.15, 0.2) is 169 Å². The van der Waals surface area contributed by atoms with Gasteiger partial charge in [0, 0.05) is 50.0 Å². The molecule has 0 aliphatic carbocycles. The fourth-order valence-electron chi connectivity index (χ4n) is 9.66. The van der Waals surface area contributed by atoms with Gasteiger partial charge in [0.1, 0.15) is 0 Å². The van der Waals surface area contributed by atoms with Gasteiger partial charge in [-0.05, 0) is 140 Å². The number of hydrogen-bond acceptors (Lipinski definition) is 2. The number of nitrogens with zero attached hydrogens (tertiary/aromatic N) is 4. The molecule has 5 heteroatoms. The Morgan fingerprint density at radius 1 is 0.424 bits per heavy atom. The van der Waals surface area contributed by atoms with Crippen molar-refractivity contribution in [3.8, 4) is 11.4 Å². The highest BCUT2D eigenvalue weighted by Gasteiger charge is 2.46. The fourth-order valence-corrected chi connectivity index (χ4v) is 9.66. The molecule has 2 aromatic heterocycles. The molecule has 5 heterocycles. The molecule has 3 aliphatic rings. The molecule has 0 fully saturated rings. The maximum absolute atomic E-state index is 11.0. The van der Waals surface area contributed by atoms with Gasteiger partial charge in [0.2, 0.25) is 0 Å². The number of rotatable bonds is 2. The average molecular weight is 877 g/mol. The van der Waals surface area contributed by atoms with Crippen LogP contribution in [0.25, 0.3) is 65.8 Å². The second-order valence-electron chi connectivity index (χ2n) is 18.8. The van der Waals surface area contributed by atoms with Crippen molar-refractivity contribution in [2.24, 2.45) is 0 Å². The predicted molar refractivity (Wildman–Crippen MR) is 282 cm³/mol. The Balaban J connectivity index is 1.28. The van der Waals surface area contributed by atoms with Gasteiger partial charge in [-0.25, -0.2) is 0 Å². The molecule has 66 heavy (non-hydrogen) atoms. The van der Waals surface area contributed by atoms with Crippen molar-refractivity contribution < 1.29 is 38.4 Å². The van der Waals surface area contributed by atoms with E-state index in [1.807, 2.05) is 0 Å². The quantitative estimate of drug-likeness (QED) is 0.161. The molecule has 0 spiro atoms. The molecule has 0 unspecified atom stereocenters. The molecule has 0 saturated carbocycles. The monoisotopic (exact) mass is 877 g/mol. The topological polar surface area (TPSA) is 16.3 Å². The maximum atomic E-state index is 11.0.